The van der Waals surface area contributed by atoms with Crippen LogP contribution in [0.3, 0.4) is 0 Å². The molecule has 76 valence electrons. The van der Waals surface area contributed by atoms with Gasteiger partial charge in [-0.15, -0.1) is 0 Å². The van der Waals surface area contributed by atoms with Crippen molar-refractivity contribution in [2.24, 2.45) is 5.92 Å². The third-order valence-corrected chi connectivity index (χ3v) is 4.65. The summed E-state index contributed by atoms with van der Waals surface area (Å²) in [5, 5.41) is 13.4. The molecule has 2 aliphatic rings. The third-order valence-electron chi connectivity index (χ3n) is 3.32. The highest BCUT2D eigenvalue weighted by Gasteiger charge is 2.32. The van der Waals surface area contributed by atoms with Crippen LogP contribution in [0, 0.1) is 5.92 Å². The van der Waals surface area contributed by atoms with Gasteiger partial charge in [0.25, 0.3) is 0 Å². The molecular weight excluding hydrogens is 182 g/mol. The van der Waals surface area contributed by atoms with Crippen LogP contribution in [0.25, 0.3) is 0 Å². The van der Waals surface area contributed by atoms with E-state index in [0.717, 1.165) is 11.3 Å². The van der Waals surface area contributed by atoms with E-state index in [-0.39, 0.29) is 0 Å². The molecule has 2 atom stereocenters. The molecule has 1 saturated heterocycles. The Morgan fingerprint density at radius 1 is 1.46 bits per heavy atom. The molecule has 2 N–H and O–H groups in total. The fourth-order valence-corrected chi connectivity index (χ4v) is 3.48. The topological polar surface area (TPSA) is 32.3 Å². The molecule has 0 spiro atoms. The zero-order valence-electron chi connectivity index (χ0n) is 8.20. The van der Waals surface area contributed by atoms with Gasteiger partial charge in [0, 0.05) is 23.9 Å². The first-order valence-electron chi connectivity index (χ1n) is 5.28. The maximum absolute atomic E-state index is 8.88. The second-order valence-corrected chi connectivity index (χ2v) is 5.84. The Labute approximate surface area is 84.5 Å². The molecule has 0 bridgehead atoms. The molecule has 0 aromatic carbocycles. The highest BCUT2D eigenvalue weighted by Crippen LogP contribution is 2.31. The number of hydrogen-bond donors (Lipinski definition) is 2. The summed E-state index contributed by atoms with van der Waals surface area (Å²) in [4.78, 5) is 0. The summed E-state index contributed by atoms with van der Waals surface area (Å²) in [6, 6.07) is 1.43. The number of aliphatic hydroxyl groups excluding tert-OH is 1. The molecule has 1 saturated carbocycles. The molecule has 2 unspecified atom stereocenters. The Bertz CT molecular complexity index is 170. The van der Waals surface area contributed by atoms with Gasteiger partial charge in [0.2, 0.25) is 0 Å². The smallest absolute Gasteiger partial charge is 0.0460 e. The highest BCUT2D eigenvalue weighted by atomic mass is 32.2. The summed E-state index contributed by atoms with van der Waals surface area (Å²) in [6.07, 6.45) is 3.70. The predicted molar refractivity (Wildman–Crippen MR) is 57.1 cm³/mol. The van der Waals surface area contributed by atoms with Gasteiger partial charge in [-0.3, -0.25) is 0 Å². The predicted octanol–water partition coefficient (Wildman–Crippen LogP) is 1.24. The lowest BCUT2D eigenvalue weighted by Crippen LogP contribution is -2.48. The molecule has 0 aromatic heterocycles. The lowest BCUT2D eigenvalue weighted by molar-refractivity contribution is 0.120. The van der Waals surface area contributed by atoms with Crippen LogP contribution in [0.2, 0.25) is 0 Å². The largest absolute Gasteiger partial charge is 0.396 e. The average molecular weight is 201 g/mol. The number of thioether (sulfide) groups is 1. The number of hydrogen-bond acceptors (Lipinski definition) is 3. The molecule has 2 fully saturated rings. The van der Waals surface area contributed by atoms with Crippen LogP contribution in [0.1, 0.15) is 26.2 Å². The maximum atomic E-state index is 8.88. The van der Waals surface area contributed by atoms with Crippen molar-refractivity contribution < 1.29 is 5.11 Å². The Hall–Kier alpha value is 0.270. The fraction of sp³-hybridized carbons (Fsp3) is 1.00. The minimum Gasteiger partial charge on any atom is -0.396 e. The minimum absolute atomic E-state index is 0.382. The van der Waals surface area contributed by atoms with Crippen molar-refractivity contribution in [2.45, 2.75) is 43.5 Å². The van der Waals surface area contributed by atoms with Gasteiger partial charge in [-0.05, 0) is 30.9 Å². The summed E-state index contributed by atoms with van der Waals surface area (Å²) in [5.74, 6) is 1.90. The normalized spacial score (nSPS) is 44.8. The lowest BCUT2D eigenvalue weighted by atomic mass is 9.80. The van der Waals surface area contributed by atoms with E-state index in [0.29, 0.717) is 18.6 Å². The van der Waals surface area contributed by atoms with Gasteiger partial charge in [0.1, 0.15) is 0 Å². The first-order chi connectivity index (χ1) is 6.29. The van der Waals surface area contributed by atoms with Crippen LogP contribution in [-0.2, 0) is 0 Å². The molecule has 3 heteroatoms. The first kappa shape index (κ1) is 9.81. The molecule has 1 heterocycles. The Balaban J connectivity index is 1.68. The van der Waals surface area contributed by atoms with Gasteiger partial charge in [-0.2, -0.15) is 11.8 Å². The van der Waals surface area contributed by atoms with Gasteiger partial charge < -0.3 is 10.4 Å². The van der Waals surface area contributed by atoms with Crippen LogP contribution in [0.4, 0.5) is 0 Å². The molecule has 0 amide bonds. The summed E-state index contributed by atoms with van der Waals surface area (Å²) in [7, 11) is 0. The zero-order valence-corrected chi connectivity index (χ0v) is 9.02. The standard InChI is InChI=1S/C10H19NOS/c1-7-10(2-3-13-7)11-9-4-8(5-9)6-12/h7-12H,2-6H2,1H3. The summed E-state index contributed by atoms with van der Waals surface area (Å²) in [5.41, 5.74) is 0. The molecule has 2 rings (SSSR count). The fourth-order valence-electron chi connectivity index (χ4n) is 2.27. The van der Waals surface area contributed by atoms with E-state index in [9.17, 15) is 0 Å². The monoisotopic (exact) mass is 201 g/mol. The highest BCUT2D eigenvalue weighted by molar-refractivity contribution is 8.00. The van der Waals surface area contributed by atoms with Crippen molar-refractivity contribution in [1.29, 1.82) is 0 Å². The molecule has 1 aliphatic heterocycles. The summed E-state index contributed by atoms with van der Waals surface area (Å²) < 4.78 is 0. The van der Waals surface area contributed by atoms with Crippen molar-refractivity contribution >= 4 is 11.8 Å². The second kappa shape index (κ2) is 4.20. The molecular formula is C10H19NOS. The van der Waals surface area contributed by atoms with Crippen molar-refractivity contribution in [1.82, 2.24) is 5.32 Å². The number of aliphatic hydroxyl groups is 1. The van der Waals surface area contributed by atoms with Gasteiger partial charge in [0.15, 0.2) is 0 Å². The minimum atomic E-state index is 0.382. The van der Waals surface area contributed by atoms with Crippen molar-refractivity contribution in [2.75, 3.05) is 12.4 Å². The average Bonchev–Trinajstić information content (AvgIpc) is 2.43. The first-order valence-corrected chi connectivity index (χ1v) is 6.33. The van der Waals surface area contributed by atoms with Crippen LogP contribution < -0.4 is 5.32 Å². The van der Waals surface area contributed by atoms with Crippen LogP contribution in [-0.4, -0.2) is 34.8 Å². The molecule has 1 aliphatic carbocycles. The van der Waals surface area contributed by atoms with Gasteiger partial charge >= 0.3 is 0 Å². The molecule has 0 aromatic rings. The van der Waals surface area contributed by atoms with Crippen molar-refractivity contribution in [3.63, 3.8) is 0 Å². The van der Waals surface area contributed by atoms with E-state index in [1.54, 1.807) is 0 Å². The molecule has 0 radical (unpaired) electrons. The third kappa shape index (κ3) is 2.20. The van der Waals surface area contributed by atoms with Crippen molar-refractivity contribution in [3.05, 3.63) is 0 Å². The Kier molecular flexibility index (Phi) is 3.17. The SMILES string of the molecule is CC1SCCC1NC1CC(CO)C1. The van der Waals surface area contributed by atoms with E-state index in [2.05, 4.69) is 24.0 Å². The van der Waals surface area contributed by atoms with Crippen LogP contribution in [0.15, 0.2) is 0 Å². The second-order valence-electron chi connectivity index (χ2n) is 4.35. The van der Waals surface area contributed by atoms with E-state index in [4.69, 9.17) is 5.11 Å². The van der Waals surface area contributed by atoms with E-state index >= 15 is 0 Å². The summed E-state index contributed by atoms with van der Waals surface area (Å²) >= 11 is 2.08. The molecule has 2 nitrogen and oxygen atoms in total. The van der Waals surface area contributed by atoms with E-state index in [1.165, 1.54) is 25.0 Å². The van der Waals surface area contributed by atoms with Crippen molar-refractivity contribution in [3.8, 4) is 0 Å². The van der Waals surface area contributed by atoms with Gasteiger partial charge in [-0.25, -0.2) is 0 Å². The van der Waals surface area contributed by atoms with Crippen LogP contribution in [0.5, 0.6) is 0 Å². The number of rotatable bonds is 3. The Morgan fingerprint density at radius 2 is 2.23 bits per heavy atom. The van der Waals surface area contributed by atoms with Gasteiger partial charge in [0.05, 0.1) is 0 Å². The Morgan fingerprint density at radius 3 is 2.77 bits per heavy atom. The zero-order chi connectivity index (χ0) is 9.26. The van der Waals surface area contributed by atoms with E-state index in [1.807, 2.05) is 0 Å². The number of nitrogens with one attached hydrogen (secondary N) is 1. The summed E-state index contributed by atoms with van der Waals surface area (Å²) in [6.45, 7) is 2.70. The van der Waals surface area contributed by atoms with Crippen LogP contribution >= 0.6 is 11.8 Å². The maximum Gasteiger partial charge on any atom is 0.0460 e. The lowest BCUT2D eigenvalue weighted by Gasteiger charge is -2.37. The van der Waals surface area contributed by atoms with Gasteiger partial charge in [-0.1, -0.05) is 6.92 Å². The van der Waals surface area contributed by atoms with E-state index < -0.39 is 0 Å². The quantitative estimate of drug-likeness (QED) is 0.720. The molecule has 13 heavy (non-hydrogen) atoms.